The number of rotatable bonds is 0. The summed E-state index contributed by atoms with van der Waals surface area (Å²) in [6.07, 6.45) is 1.69. The Morgan fingerprint density at radius 1 is 1.21 bits per heavy atom. The standard InChI is InChI=1S/C25H28Cl2O6/c1-12-5-6-16(28)13(2)9-14-17(29)10-15-19(20(14)30)22(32)24(27)11-18(26)23(3,4)33-25(24,8-7-12)21(15)31/h7,10,16,18,28-30H,2,5-6,8-9,11H2,1,3-4H3/b12-7-/t16?,18-,24+,25+/m1/s1. The number of aliphatic hydroxyl groups excluding tert-OH is 1. The minimum absolute atomic E-state index is 0.000295. The molecule has 4 bridgehead atoms. The third-order valence-electron chi connectivity index (χ3n) is 7.30. The Kier molecular flexibility index (Phi) is 5.77. The lowest BCUT2D eigenvalue weighted by molar-refractivity contribution is -0.157. The lowest BCUT2D eigenvalue weighted by Crippen LogP contribution is -2.72. The molecule has 1 aromatic carbocycles. The van der Waals surface area contributed by atoms with Crippen LogP contribution in [0.15, 0.2) is 29.9 Å². The van der Waals surface area contributed by atoms with Crippen molar-refractivity contribution in [1.29, 1.82) is 0 Å². The van der Waals surface area contributed by atoms with Crippen molar-refractivity contribution in [2.45, 2.75) is 80.4 Å². The minimum Gasteiger partial charge on any atom is -0.507 e. The molecule has 3 N–H and O–H groups in total. The number of phenols is 2. The van der Waals surface area contributed by atoms with Gasteiger partial charge in [-0.2, -0.15) is 0 Å². The van der Waals surface area contributed by atoms with Crippen LogP contribution < -0.4 is 0 Å². The number of allylic oxidation sites excluding steroid dienone is 1. The van der Waals surface area contributed by atoms with Gasteiger partial charge in [0.1, 0.15) is 16.4 Å². The summed E-state index contributed by atoms with van der Waals surface area (Å²) in [5.41, 5.74) is -1.87. The Hall–Kier alpha value is -1.86. The van der Waals surface area contributed by atoms with Gasteiger partial charge in [-0.05, 0) is 51.7 Å². The highest BCUT2D eigenvalue weighted by molar-refractivity contribution is 6.45. The van der Waals surface area contributed by atoms with Crippen LogP contribution in [-0.4, -0.2) is 54.4 Å². The summed E-state index contributed by atoms with van der Waals surface area (Å²) >= 11 is 13.6. The van der Waals surface area contributed by atoms with Crippen molar-refractivity contribution in [3.63, 3.8) is 0 Å². The number of alkyl halides is 2. The number of ether oxygens (including phenoxy) is 1. The Bertz CT molecular complexity index is 1110. The molecule has 1 saturated heterocycles. The van der Waals surface area contributed by atoms with Crippen molar-refractivity contribution in [2.75, 3.05) is 0 Å². The summed E-state index contributed by atoms with van der Waals surface area (Å²) in [7, 11) is 0. The average Bonchev–Trinajstić information content (AvgIpc) is 2.73. The summed E-state index contributed by atoms with van der Waals surface area (Å²) in [5, 5.41) is 31.6. The zero-order chi connectivity index (χ0) is 24.5. The van der Waals surface area contributed by atoms with E-state index in [0.717, 1.165) is 5.57 Å². The van der Waals surface area contributed by atoms with Crippen LogP contribution in [0.5, 0.6) is 11.5 Å². The summed E-state index contributed by atoms with van der Waals surface area (Å²) in [6, 6.07) is 1.17. The van der Waals surface area contributed by atoms with Gasteiger partial charge in [-0.3, -0.25) is 9.59 Å². The zero-order valence-electron chi connectivity index (χ0n) is 18.9. The van der Waals surface area contributed by atoms with E-state index in [2.05, 4.69) is 6.58 Å². The van der Waals surface area contributed by atoms with Crippen molar-refractivity contribution in [3.8, 4) is 11.5 Å². The number of carbonyl (C=O) groups excluding carboxylic acids is 2. The van der Waals surface area contributed by atoms with Gasteiger partial charge in [-0.1, -0.05) is 18.2 Å². The molecule has 4 aliphatic carbocycles. The number of carbonyl (C=O) groups is 2. The van der Waals surface area contributed by atoms with E-state index in [-0.39, 0.29) is 41.7 Å². The number of fused-ring (bicyclic) bond motifs is 1. The lowest BCUT2D eigenvalue weighted by Gasteiger charge is -2.56. The molecule has 0 amide bonds. The van der Waals surface area contributed by atoms with Gasteiger partial charge in [-0.15, -0.1) is 23.2 Å². The summed E-state index contributed by atoms with van der Waals surface area (Å²) in [4.78, 5) is 26.0. The number of halogens is 2. The van der Waals surface area contributed by atoms with E-state index in [1.165, 1.54) is 6.07 Å². The molecule has 1 aromatic rings. The number of hydrogen-bond acceptors (Lipinski definition) is 6. The quantitative estimate of drug-likeness (QED) is 0.359. The van der Waals surface area contributed by atoms with Gasteiger partial charge < -0.3 is 20.1 Å². The van der Waals surface area contributed by atoms with E-state index in [4.69, 9.17) is 27.9 Å². The van der Waals surface area contributed by atoms with Gasteiger partial charge >= 0.3 is 0 Å². The first-order valence-corrected chi connectivity index (χ1v) is 11.8. The molecule has 0 saturated carbocycles. The molecule has 5 aliphatic rings. The van der Waals surface area contributed by atoms with Crippen LogP contribution in [0.3, 0.4) is 0 Å². The number of aliphatic hydroxyl groups is 1. The number of hydrogen-bond donors (Lipinski definition) is 3. The van der Waals surface area contributed by atoms with Crippen LogP contribution in [0, 0.1) is 0 Å². The minimum atomic E-state index is -1.85. The fourth-order valence-corrected chi connectivity index (χ4v) is 5.88. The highest BCUT2D eigenvalue weighted by Gasteiger charge is 2.70. The second kappa shape index (κ2) is 7.84. The van der Waals surface area contributed by atoms with Crippen molar-refractivity contribution >= 4 is 34.8 Å². The van der Waals surface area contributed by atoms with Crippen molar-refractivity contribution in [2.24, 2.45) is 0 Å². The van der Waals surface area contributed by atoms with E-state index in [9.17, 15) is 24.9 Å². The number of Topliss-reactive ketones (excluding diaryl/α,β-unsaturated/α-hetero) is 2. The summed E-state index contributed by atoms with van der Waals surface area (Å²) < 4.78 is 6.33. The van der Waals surface area contributed by atoms with Crippen LogP contribution in [0.2, 0.25) is 0 Å². The first-order chi connectivity index (χ1) is 15.2. The zero-order valence-corrected chi connectivity index (χ0v) is 20.4. The van der Waals surface area contributed by atoms with Gasteiger partial charge in [0.25, 0.3) is 0 Å². The Morgan fingerprint density at radius 2 is 1.88 bits per heavy atom. The number of phenolic OH excluding ortho intramolecular Hbond substituents is 2. The van der Waals surface area contributed by atoms with Gasteiger partial charge in [-0.25, -0.2) is 0 Å². The van der Waals surface area contributed by atoms with E-state index >= 15 is 0 Å². The Morgan fingerprint density at radius 3 is 2.55 bits per heavy atom. The molecular formula is C25H28Cl2O6. The van der Waals surface area contributed by atoms with Gasteiger partial charge in [0.2, 0.25) is 0 Å². The van der Waals surface area contributed by atoms with Gasteiger partial charge in [0, 0.05) is 24.0 Å². The number of ketones is 2. The maximum absolute atomic E-state index is 14.0. The van der Waals surface area contributed by atoms with Crippen LogP contribution >= 0.6 is 23.2 Å². The molecule has 178 valence electrons. The predicted molar refractivity (Wildman–Crippen MR) is 126 cm³/mol. The summed E-state index contributed by atoms with van der Waals surface area (Å²) in [6.45, 7) is 9.24. The number of aromatic hydroxyl groups is 2. The monoisotopic (exact) mass is 494 g/mol. The molecule has 1 spiro atoms. The normalized spacial score (nSPS) is 35.7. The first-order valence-electron chi connectivity index (χ1n) is 11.0. The van der Waals surface area contributed by atoms with Gasteiger partial charge in [0.05, 0.1) is 22.6 Å². The van der Waals surface area contributed by atoms with Crippen LogP contribution in [0.1, 0.15) is 72.7 Å². The molecule has 6 rings (SSSR count). The molecule has 4 atom stereocenters. The van der Waals surface area contributed by atoms with E-state index in [0.29, 0.717) is 18.4 Å². The maximum atomic E-state index is 14.0. The Balaban J connectivity index is 2.05. The highest BCUT2D eigenvalue weighted by atomic mass is 35.5. The van der Waals surface area contributed by atoms with Crippen molar-refractivity contribution in [1.82, 2.24) is 0 Å². The maximum Gasteiger partial charge on any atom is 0.198 e. The van der Waals surface area contributed by atoms with E-state index in [1.54, 1.807) is 19.9 Å². The molecule has 1 aliphatic heterocycles. The van der Waals surface area contributed by atoms with Crippen molar-refractivity contribution < 1.29 is 29.6 Å². The molecule has 8 heteroatoms. The largest absolute Gasteiger partial charge is 0.507 e. The highest BCUT2D eigenvalue weighted by Crippen LogP contribution is 2.57. The second-order valence-corrected chi connectivity index (χ2v) is 11.1. The predicted octanol–water partition coefficient (Wildman–Crippen LogP) is 4.59. The topological polar surface area (TPSA) is 104 Å². The molecule has 0 aromatic heterocycles. The van der Waals surface area contributed by atoms with Crippen LogP contribution in [0.4, 0.5) is 0 Å². The van der Waals surface area contributed by atoms with Crippen molar-refractivity contribution in [3.05, 3.63) is 46.6 Å². The second-order valence-electron chi connectivity index (χ2n) is 9.95. The SMILES string of the molecule is C=C1Cc2c(O)cc3c(c2O)C(=O)[C@@]2(Cl)C[C@@H](Cl)C(C)(C)O[C@@]2(C/C=C(/C)CCC1O)C3=O. The Labute approximate surface area is 202 Å². The fourth-order valence-electron chi connectivity index (χ4n) is 5.08. The smallest absolute Gasteiger partial charge is 0.198 e. The van der Waals surface area contributed by atoms with E-state index < -0.39 is 44.9 Å². The molecule has 1 unspecified atom stereocenters. The average molecular weight is 495 g/mol. The molecule has 1 heterocycles. The lowest BCUT2D eigenvalue weighted by atomic mass is 9.63. The molecule has 0 radical (unpaired) electrons. The fraction of sp³-hybridized carbons (Fsp3) is 0.520. The molecule has 1 fully saturated rings. The molecule has 6 nitrogen and oxygen atoms in total. The number of benzene rings is 1. The van der Waals surface area contributed by atoms with Crippen LogP contribution in [-0.2, 0) is 11.2 Å². The summed E-state index contributed by atoms with van der Waals surface area (Å²) in [5.74, 6) is -2.16. The van der Waals surface area contributed by atoms with E-state index in [1.807, 2.05) is 6.92 Å². The molecular weight excluding hydrogens is 467 g/mol. The molecule has 33 heavy (non-hydrogen) atoms. The third-order valence-corrected chi connectivity index (χ3v) is 8.61. The van der Waals surface area contributed by atoms with Gasteiger partial charge in [0.15, 0.2) is 17.2 Å². The first kappa shape index (κ1) is 24.3. The van der Waals surface area contributed by atoms with Crippen LogP contribution in [0.25, 0.3) is 0 Å². The third kappa shape index (κ3) is 3.45.